The molecule has 5 heteroatoms. The second-order valence-corrected chi connectivity index (χ2v) is 5.05. The molecule has 1 fully saturated rings. The molecule has 0 spiro atoms. The molecule has 84 valence electrons. The minimum Gasteiger partial charge on any atom is -0.314 e. The predicted octanol–water partition coefficient (Wildman–Crippen LogP) is 1.74. The quantitative estimate of drug-likeness (QED) is 0.549. The Morgan fingerprint density at radius 3 is 3.00 bits per heavy atom. The van der Waals surface area contributed by atoms with Crippen LogP contribution in [0.4, 0.5) is 0 Å². The van der Waals surface area contributed by atoms with E-state index < -0.39 is 0 Å². The summed E-state index contributed by atoms with van der Waals surface area (Å²) in [4.78, 5) is 4.25. The maximum atomic E-state index is 4.25. The van der Waals surface area contributed by atoms with E-state index in [0.717, 1.165) is 29.3 Å². The van der Waals surface area contributed by atoms with Gasteiger partial charge >= 0.3 is 0 Å². The molecular formula is C10H18N4S. The van der Waals surface area contributed by atoms with Gasteiger partial charge in [-0.15, -0.1) is 5.10 Å². The fourth-order valence-corrected chi connectivity index (χ4v) is 2.21. The van der Waals surface area contributed by atoms with E-state index in [9.17, 15) is 0 Å². The molecule has 15 heavy (non-hydrogen) atoms. The zero-order chi connectivity index (χ0) is 10.5. The molecule has 0 aliphatic heterocycles. The highest BCUT2D eigenvalue weighted by Crippen LogP contribution is 2.18. The molecule has 0 atom stereocenters. The molecule has 0 unspecified atom stereocenters. The first-order chi connectivity index (χ1) is 7.34. The van der Waals surface area contributed by atoms with Gasteiger partial charge in [-0.3, -0.25) is 5.10 Å². The smallest absolute Gasteiger partial charge is 0.208 e. The molecule has 1 aliphatic rings. The van der Waals surface area contributed by atoms with Crippen molar-refractivity contribution in [1.82, 2.24) is 20.5 Å². The van der Waals surface area contributed by atoms with Gasteiger partial charge in [0.2, 0.25) is 5.16 Å². The van der Waals surface area contributed by atoms with E-state index in [4.69, 9.17) is 0 Å². The molecule has 1 aromatic rings. The topological polar surface area (TPSA) is 53.6 Å². The van der Waals surface area contributed by atoms with Crippen molar-refractivity contribution in [1.29, 1.82) is 0 Å². The number of nitrogens with zero attached hydrogens (tertiary/aromatic N) is 2. The Labute approximate surface area is 94.6 Å². The second kappa shape index (κ2) is 5.51. The van der Waals surface area contributed by atoms with Crippen molar-refractivity contribution in [3.05, 3.63) is 5.82 Å². The average molecular weight is 226 g/mol. The van der Waals surface area contributed by atoms with E-state index in [-0.39, 0.29) is 0 Å². The Hall–Kier alpha value is -0.550. The maximum absolute atomic E-state index is 4.25. The molecule has 1 heterocycles. The van der Waals surface area contributed by atoms with Crippen molar-refractivity contribution >= 4 is 11.8 Å². The number of unbranched alkanes of at least 4 members (excludes halogenated alkanes) is 1. The predicted molar refractivity (Wildman–Crippen MR) is 62.1 cm³/mol. The van der Waals surface area contributed by atoms with Crippen molar-refractivity contribution in [2.24, 2.45) is 0 Å². The molecule has 1 saturated carbocycles. The molecule has 2 N–H and O–H groups in total. The van der Waals surface area contributed by atoms with E-state index in [1.807, 2.05) is 6.92 Å². The highest BCUT2D eigenvalue weighted by molar-refractivity contribution is 7.99. The minimum absolute atomic E-state index is 0.841. The van der Waals surface area contributed by atoms with Gasteiger partial charge in [0.1, 0.15) is 5.82 Å². The van der Waals surface area contributed by atoms with Crippen LogP contribution in [0.1, 0.15) is 31.5 Å². The van der Waals surface area contributed by atoms with Crippen LogP contribution < -0.4 is 5.32 Å². The number of hydrogen-bond acceptors (Lipinski definition) is 4. The third-order valence-corrected chi connectivity index (χ3v) is 3.32. The van der Waals surface area contributed by atoms with Crippen LogP contribution in [-0.2, 0) is 0 Å². The van der Waals surface area contributed by atoms with Gasteiger partial charge < -0.3 is 5.32 Å². The second-order valence-electron chi connectivity index (χ2n) is 3.99. The van der Waals surface area contributed by atoms with Gasteiger partial charge in [0.05, 0.1) is 0 Å². The molecule has 0 bridgehead atoms. The summed E-state index contributed by atoms with van der Waals surface area (Å²) >= 11 is 1.73. The van der Waals surface area contributed by atoms with E-state index in [0.29, 0.717) is 0 Å². The molecular weight excluding hydrogens is 208 g/mol. The van der Waals surface area contributed by atoms with Crippen LogP contribution in [0.5, 0.6) is 0 Å². The number of aryl methyl sites for hydroxylation is 1. The van der Waals surface area contributed by atoms with Crippen molar-refractivity contribution < 1.29 is 0 Å². The van der Waals surface area contributed by atoms with Gasteiger partial charge in [-0.05, 0) is 39.2 Å². The summed E-state index contributed by atoms with van der Waals surface area (Å²) in [5.74, 6) is 2.01. The molecule has 1 aromatic heterocycles. The van der Waals surface area contributed by atoms with Crippen LogP contribution in [0.3, 0.4) is 0 Å². The first-order valence-electron chi connectivity index (χ1n) is 5.60. The number of thioether (sulfide) groups is 1. The largest absolute Gasteiger partial charge is 0.314 e. The maximum Gasteiger partial charge on any atom is 0.208 e. The number of aromatic nitrogens is 3. The van der Waals surface area contributed by atoms with Gasteiger partial charge in [0.15, 0.2) is 0 Å². The number of rotatable bonds is 7. The van der Waals surface area contributed by atoms with Gasteiger partial charge in [-0.1, -0.05) is 11.8 Å². The molecule has 1 aliphatic carbocycles. The summed E-state index contributed by atoms with van der Waals surface area (Å²) in [6.07, 6.45) is 5.25. The highest BCUT2D eigenvalue weighted by Gasteiger charge is 2.19. The number of nitrogens with one attached hydrogen (secondary N) is 2. The SMILES string of the molecule is Cc1nc(SCCCCNC2CC2)n[nH]1. The normalized spacial score (nSPS) is 15.8. The van der Waals surface area contributed by atoms with Crippen molar-refractivity contribution in [3.63, 3.8) is 0 Å². The molecule has 0 saturated heterocycles. The summed E-state index contributed by atoms with van der Waals surface area (Å²) in [5.41, 5.74) is 0. The molecule has 0 radical (unpaired) electrons. The summed E-state index contributed by atoms with van der Waals surface area (Å²) in [5, 5.41) is 11.3. The van der Waals surface area contributed by atoms with Crippen LogP contribution in [0.15, 0.2) is 5.16 Å². The van der Waals surface area contributed by atoms with E-state index in [1.165, 1.54) is 25.7 Å². The average Bonchev–Trinajstić information content (AvgIpc) is 2.95. The van der Waals surface area contributed by atoms with Gasteiger partial charge in [-0.2, -0.15) is 0 Å². The third kappa shape index (κ3) is 4.22. The zero-order valence-electron chi connectivity index (χ0n) is 9.12. The Bertz CT molecular complexity index is 295. The van der Waals surface area contributed by atoms with Crippen LogP contribution in [0.2, 0.25) is 0 Å². The number of H-pyrrole nitrogens is 1. The van der Waals surface area contributed by atoms with E-state index in [2.05, 4.69) is 20.5 Å². The number of hydrogen-bond donors (Lipinski definition) is 2. The molecule has 0 amide bonds. The summed E-state index contributed by atoms with van der Waals surface area (Å²) < 4.78 is 0. The van der Waals surface area contributed by atoms with Crippen molar-refractivity contribution in [2.75, 3.05) is 12.3 Å². The lowest BCUT2D eigenvalue weighted by Crippen LogP contribution is -2.17. The molecule has 0 aromatic carbocycles. The molecule has 4 nitrogen and oxygen atoms in total. The Kier molecular flexibility index (Phi) is 4.02. The monoisotopic (exact) mass is 226 g/mol. The van der Waals surface area contributed by atoms with Gasteiger partial charge in [0.25, 0.3) is 0 Å². The van der Waals surface area contributed by atoms with Crippen molar-refractivity contribution in [2.45, 2.75) is 43.8 Å². The van der Waals surface area contributed by atoms with Crippen LogP contribution in [0.25, 0.3) is 0 Å². The zero-order valence-corrected chi connectivity index (χ0v) is 9.94. The van der Waals surface area contributed by atoms with E-state index in [1.54, 1.807) is 11.8 Å². The fraction of sp³-hybridized carbons (Fsp3) is 0.800. The lowest BCUT2D eigenvalue weighted by atomic mass is 10.3. The van der Waals surface area contributed by atoms with Crippen LogP contribution in [0, 0.1) is 6.92 Å². The van der Waals surface area contributed by atoms with E-state index >= 15 is 0 Å². The lowest BCUT2D eigenvalue weighted by molar-refractivity contribution is 0.640. The Morgan fingerprint density at radius 1 is 1.47 bits per heavy atom. The van der Waals surface area contributed by atoms with Gasteiger partial charge in [-0.25, -0.2) is 4.98 Å². The van der Waals surface area contributed by atoms with Crippen LogP contribution >= 0.6 is 11.8 Å². The molecule has 2 rings (SSSR count). The van der Waals surface area contributed by atoms with Crippen LogP contribution in [-0.4, -0.2) is 33.5 Å². The lowest BCUT2D eigenvalue weighted by Gasteiger charge is -2.00. The Balaban J connectivity index is 1.47. The number of aromatic amines is 1. The third-order valence-electron chi connectivity index (χ3n) is 2.39. The fourth-order valence-electron chi connectivity index (χ4n) is 1.37. The first-order valence-corrected chi connectivity index (χ1v) is 6.58. The minimum atomic E-state index is 0.841. The first kappa shape index (κ1) is 11.0. The van der Waals surface area contributed by atoms with Crippen molar-refractivity contribution in [3.8, 4) is 0 Å². The summed E-state index contributed by atoms with van der Waals surface area (Å²) in [6, 6.07) is 0.841. The highest BCUT2D eigenvalue weighted by atomic mass is 32.2. The standard InChI is InChI=1S/C10H18N4S/c1-8-12-10(14-13-8)15-7-3-2-6-11-9-4-5-9/h9,11H,2-7H2,1H3,(H,12,13,14). The summed E-state index contributed by atoms with van der Waals surface area (Å²) in [7, 11) is 0. The van der Waals surface area contributed by atoms with Gasteiger partial charge in [0, 0.05) is 11.8 Å². The Morgan fingerprint density at radius 2 is 2.33 bits per heavy atom. The summed E-state index contributed by atoms with van der Waals surface area (Å²) in [6.45, 7) is 3.09.